The van der Waals surface area contributed by atoms with Gasteiger partial charge in [0.15, 0.2) is 6.29 Å². The van der Waals surface area contributed by atoms with Crippen LogP contribution in [0, 0.1) is 0 Å². The van der Waals surface area contributed by atoms with Gasteiger partial charge in [-0.1, -0.05) is 215 Å². The highest BCUT2D eigenvalue weighted by Gasteiger charge is 2.44. The second-order valence-corrected chi connectivity index (χ2v) is 19.0. The standard InChI is InChI=1S/C59H104O9/c1-3-5-7-9-11-13-15-17-19-21-23-24-25-26-27-28-29-31-33-35-37-39-41-43-45-47-49-65-51-53(52-66-59-58(64)57(63)56(62)54(50-60)68-59)67-55(61)48-46-44-42-40-38-36-34-32-30-22-20-18-16-14-12-10-8-6-4-2/h6,8,12,14-15,17-18,20-21,23,30,32,53-54,56-60,62-64H,3-5,7,9-11,13,16,19,22,24-29,31,33-52H2,1-2H3/b8-6-,14-12-,17-15-,20-18-,23-21-,32-30-. The van der Waals surface area contributed by atoms with Crippen molar-refractivity contribution in [2.24, 2.45) is 0 Å². The summed E-state index contributed by atoms with van der Waals surface area (Å²) in [5, 5.41) is 40.3. The molecule has 1 saturated heterocycles. The Kier molecular flexibility index (Phi) is 46.4. The van der Waals surface area contributed by atoms with Gasteiger partial charge in [-0.15, -0.1) is 0 Å². The van der Waals surface area contributed by atoms with Crippen LogP contribution in [0.3, 0.4) is 0 Å². The SMILES string of the molecule is CC/C=C\C/C=C\C/C=C\C/C=C\CCCCCCCCC(=O)OC(COCCCCCCCCCCCCCCCC/C=C\C/C=C\CCCCCCC)COC1OC(CO)C(O)C(O)C1O. The van der Waals surface area contributed by atoms with E-state index in [-0.39, 0.29) is 19.2 Å². The molecule has 0 spiro atoms. The Labute approximate surface area is 417 Å². The number of carbonyl (C=O) groups is 1. The zero-order valence-corrected chi connectivity index (χ0v) is 43.6. The van der Waals surface area contributed by atoms with Crippen molar-refractivity contribution < 1.29 is 44.2 Å². The van der Waals surface area contributed by atoms with Crippen LogP contribution in [0.5, 0.6) is 0 Å². The van der Waals surface area contributed by atoms with Gasteiger partial charge in [0.2, 0.25) is 0 Å². The van der Waals surface area contributed by atoms with Gasteiger partial charge in [-0.3, -0.25) is 4.79 Å². The number of hydrogen-bond donors (Lipinski definition) is 4. The first-order valence-electron chi connectivity index (χ1n) is 28.0. The maximum atomic E-state index is 12.9. The third-order valence-electron chi connectivity index (χ3n) is 12.6. The van der Waals surface area contributed by atoms with E-state index in [4.69, 9.17) is 18.9 Å². The molecule has 4 N–H and O–H groups in total. The molecule has 0 aromatic rings. The number of ether oxygens (including phenoxy) is 4. The number of esters is 1. The zero-order chi connectivity index (χ0) is 49.2. The molecule has 0 aromatic carbocycles. The average molecular weight is 957 g/mol. The summed E-state index contributed by atoms with van der Waals surface area (Å²) in [5.74, 6) is -0.327. The molecule has 0 amide bonds. The summed E-state index contributed by atoms with van der Waals surface area (Å²) in [5.41, 5.74) is 0. The Balaban J connectivity index is 2.16. The molecule has 0 radical (unpaired) electrons. The predicted molar refractivity (Wildman–Crippen MR) is 284 cm³/mol. The summed E-state index contributed by atoms with van der Waals surface area (Å²) in [6.07, 6.45) is 59.4. The largest absolute Gasteiger partial charge is 0.457 e. The molecule has 1 aliphatic rings. The Hall–Kier alpha value is -2.37. The van der Waals surface area contributed by atoms with Crippen molar-refractivity contribution in [3.63, 3.8) is 0 Å². The van der Waals surface area contributed by atoms with Gasteiger partial charge >= 0.3 is 5.97 Å². The van der Waals surface area contributed by atoms with Crippen molar-refractivity contribution in [1.29, 1.82) is 0 Å². The molecule has 1 heterocycles. The Morgan fingerprint density at radius 2 is 0.897 bits per heavy atom. The number of unbranched alkanes of at least 4 members (excludes halogenated alkanes) is 25. The van der Waals surface area contributed by atoms with Crippen LogP contribution in [0.1, 0.15) is 232 Å². The van der Waals surface area contributed by atoms with Crippen LogP contribution in [0.4, 0.5) is 0 Å². The number of aliphatic hydroxyl groups is 4. The lowest BCUT2D eigenvalue weighted by Gasteiger charge is -2.39. The molecule has 1 fully saturated rings. The maximum absolute atomic E-state index is 12.9. The first-order chi connectivity index (χ1) is 33.4. The molecule has 1 rings (SSSR count). The molecule has 9 heteroatoms. The monoisotopic (exact) mass is 957 g/mol. The summed E-state index contributed by atoms with van der Waals surface area (Å²) in [6, 6.07) is 0. The second-order valence-electron chi connectivity index (χ2n) is 19.0. The number of rotatable bonds is 48. The highest BCUT2D eigenvalue weighted by molar-refractivity contribution is 5.69. The van der Waals surface area contributed by atoms with E-state index in [0.717, 1.165) is 77.0 Å². The van der Waals surface area contributed by atoms with Crippen molar-refractivity contribution in [1.82, 2.24) is 0 Å². The molecular weight excluding hydrogens is 853 g/mol. The van der Waals surface area contributed by atoms with E-state index in [2.05, 4.69) is 86.8 Å². The molecule has 6 atom stereocenters. The fraction of sp³-hybridized carbons (Fsp3) is 0.780. The smallest absolute Gasteiger partial charge is 0.306 e. The van der Waals surface area contributed by atoms with E-state index in [9.17, 15) is 25.2 Å². The molecular formula is C59H104O9. The Bertz CT molecular complexity index is 1270. The number of hydrogen-bond acceptors (Lipinski definition) is 9. The Morgan fingerprint density at radius 1 is 0.485 bits per heavy atom. The third kappa shape index (κ3) is 39.4. The van der Waals surface area contributed by atoms with Crippen LogP contribution in [-0.4, -0.2) is 89.6 Å². The van der Waals surface area contributed by atoms with E-state index in [1.165, 1.54) is 135 Å². The molecule has 0 aromatic heterocycles. The fourth-order valence-electron chi connectivity index (χ4n) is 8.28. The van der Waals surface area contributed by atoms with E-state index >= 15 is 0 Å². The van der Waals surface area contributed by atoms with Crippen molar-refractivity contribution in [2.45, 2.75) is 269 Å². The maximum Gasteiger partial charge on any atom is 0.306 e. The minimum absolute atomic E-state index is 0.122. The van der Waals surface area contributed by atoms with Crippen molar-refractivity contribution in [3.8, 4) is 0 Å². The van der Waals surface area contributed by atoms with E-state index in [1.807, 2.05) is 0 Å². The highest BCUT2D eigenvalue weighted by Crippen LogP contribution is 2.23. The average Bonchev–Trinajstić information content (AvgIpc) is 3.34. The van der Waals surface area contributed by atoms with Gasteiger partial charge in [0, 0.05) is 13.0 Å². The minimum Gasteiger partial charge on any atom is -0.457 e. The van der Waals surface area contributed by atoms with Gasteiger partial charge in [0.05, 0.1) is 19.8 Å². The molecule has 0 saturated carbocycles. The third-order valence-corrected chi connectivity index (χ3v) is 12.6. The van der Waals surface area contributed by atoms with Crippen LogP contribution in [0.15, 0.2) is 72.9 Å². The van der Waals surface area contributed by atoms with Crippen molar-refractivity contribution in [2.75, 3.05) is 26.4 Å². The summed E-state index contributed by atoms with van der Waals surface area (Å²) >= 11 is 0. The van der Waals surface area contributed by atoms with Crippen LogP contribution in [0.2, 0.25) is 0 Å². The summed E-state index contributed by atoms with van der Waals surface area (Å²) in [6.45, 7) is 4.43. The normalized spacial score (nSPS) is 19.6. The van der Waals surface area contributed by atoms with Gasteiger partial charge in [-0.25, -0.2) is 0 Å². The molecule has 68 heavy (non-hydrogen) atoms. The number of carbonyl (C=O) groups excluding carboxylic acids is 1. The number of aliphatic hydroxyl groups excluding tert-OH is 4. The van der Waals surface area contributed by atoms with Crippen molar-refractivity contribution in [3.05, 3.63) is 72.9 Å². The quantitative estimate of drug-likeness (QED) is 0.0267. The lowest BCUT2D eigenvalue weighted by Crippen LogP contribution is -2.59. The highest BCUT2D eigenvalue weighted by atomic mass is 16.7. The van der Waals surface area contributed by atoms with E-state index < -0.39 is 43.4 Å². The number of allylic oxidation sites excluding steroid dienone is 12. The van der Waals surface area contributed by atoms with Gasteiger partial charge in [0.1, 0.15) is 30.5 Å². The van der Waals surface area contributed by atoms with Crippen LogP contribution < -0.4 is 0 Å². The van der Waals surface area contributed by atoms with Gasteiger partial charge in [0.25, 0.3) is 0 Å². The van der Waals surface area contributed by atoms with Crippen LogP contribution in [0.25, 0.3) is 0 Å². The molecule has 1 aliphatic heterocycles. The van der Waals surface area contributed by atoms with E-state index in [1.54, 1.807) is 0 Å². The lowest BCUT2D eigenvalue weighted by atomic mass is 9.99. The molecule has 9 nitrogen and oxygen atoms in total. The van der Waals surface area contributed by atoms with Gasteiger partial charge < -0.3 is 39.4 Å². The fourth-order valence-corrected chi connectivity index (χ4v) is 8.28. The first kappa shape index (κ1) is 63.6. The molecule has 0 bridgehead atoms. The summed E-state index contributed by atoms with van der Waals surface area (Å²) in [7, 11) is 0. The predicted octanol–water partition coefficient (Wildman–Crippen LogP) is 14.4. The van der Waals surface area contributed by atoms with Gasteiger partial charge in [-0.2, -0.15) is 0 Å². The molecule has 6 unspecified atom stereocenters. The minimum atomic E-state index is -1.54. The summed E-state index contributed by atoms with van der Waals surface area (Å²) in [4.78, 5) is 12.9. The molecule has 394 valence electrons. The summed E-state index contributed by atoms with van der Waals surface area (Å²) < 4.78 is 22.9. The van der Waals surface area contributed by atoms with Gasteiger partial charge in [-0.05, 0) is 83.5 Å². The second kappa shape index (κ2) is 49.6. The van der Waals surface area contributed by atoms with Crippen molar-refractivity contribution >= 4 is 5.97 Å². The van der Waals surface area contributed by atoms with Crippen LogP contribution in [-0.2, 0) is 23.7 Å². The lowest BCUT2D eigenvalue weighted by molar-refractivity contribution is -0.305. The molecule has 0 aliphatic carbocycles. The zero-order valence-electron chi connectivity index (χ0n) is 43.6. The topological polar surface area (TPSA) is 135 Å². The Morgan fingerprint density at radius 3 is 1.35 bits per heavy atom. The van der Waals surface area contributed by atoms with E-state index in [0.29, 0.717) is 13.0 Å². The first-order valence-corrected chi connectivity index (χ1v) is 28.0. The van der Waals surface area contributed by atoms with Crippen LogP contribution >= 0.6 is 0 Å².